The lowest BCUT2D eigenvalue weighted by atomic mass is 10.2. The number of benzene rings is 1. The summed E-state index contributed by atoms with van der Waals surface area (Å²) < 4.78 is 19.4. The van der Waals surface area contributed by atoms with E-state index in [0.29, 0.717) is 23.8 Å². The fourth-order valence-corrected chi connectivity index (χ4v) is 1.57. The van der Waals surface area contributed by atoms with E-state index >= 15 is 0 Å². The van der Waals surface area contributed by atoms with Crippen molar-refractivity contribution < 1.29 is 9.13 Å². The molecule has 0 unspecified atom stereocenters. The van der Waals surface area contributed by atoms with Gasteiger partial charge < -0.3 is 4.74 Å². The number of halogens is 2. The van der Waals surface area contributed by atoms with E-state index in [0.717, 1.165) is 4.47 Å². The maximum atomic E-state index is 13.2. The minimum Gasteiger partial charge on any atom is -0.492 e. The molecule has 0 radical (unpaired) electrons. The molecule has 3 heteroatoms. The van der Waals surface area contributed by atoms with E-state index in [-0.39, 0.29) is 5.82 Å². The second-order valence-corrected chi connectivity index (χ2v) is 4.59. The maximum Gasteiger partial charge on any atom is 0.136 e. The van der Waals surface area contributed by atoms with Gasteiger partial charge in [0, 0.05) is 6.07 Å². The van der Waals surface area contributed by atoms with Crippen LogP contribution in [0.1, 0.15) is 19.4 Å². The van der Waals surface area contributed by atoms with Gasteiger partial charge in [0.05, 0.1) is 11.1 Å². The Bertz CT molecular complexity index is 323. The molecule has 0 bridgehead atoms. The van der Waals surface area contributed by atoms with Gasteiger partial charge in [-0.1, -0.05) is 13.8 Å². The maximum absolute atomic E-state index is 13.2. The van der Waals surface area contributed by atoms with E-state index in [2.05, 4.69) is 29.8 Å². The van der Waals surface area contributed by atoms with Gasteiger partial charge in [-0.25, -0.2) is 4.39 Å². The first kappa shape index (κ1) is 11.5. The van der Waals surface area contributed by atoms with Gasteiger partial charge in [-0.3, -0.25) is 0 Å². The summed E-state index contributed by atoms with van der Waals surface area (Å²) >= 11 is 3.34. The van der Waals surface area contributed by atoms with E-state index in [1.54, 1.807) is 13.0 Å². The van der Waals surface area contributed by atoms with Crippen LogP contribution in [-0.4, -0.2) is 6.61 Å². The normalized spacial score (nSPS) is 10.7. The quantitative estimate of drug-likeness (QED) is 0.801. The number of hydrogen-bond acceptors (Lipinski definition) is 1. The predicted molar refractivity (Wildman–Crippen MR) is 59.2 cm³/mol. The van der Waals surface area contributed by atoms with Crippen LogP contribution >= 0.6 is 15.9 Å². The number of ether oxygens (including phenoxy) is 1. The molecular weight excluding hydrogens is 247 g/mol. The van der Waals surface area contributed by atoms with Crippen molar-refractivity contribution in [2.75, 3.05) is 6.61 Å². The lowest BCUT2D eigenvalue weighted by molar-refractivity contribution is 0.268. The van der Waals surface area contributed by atoms with E-state index < -0.39 is 0 Å². The molecule has 0 saturated carbocycles. The van der Waals surface area contributed by atoms with Crippen LogP contribution in [0.2, 0.25) is 0 Å². The monoisotopic (exact) mass is 260 g/mol. The SMILES string of the molecule is Cc1cc(Br)c(OCC(C)C)cc1F. The summed E-state index contributed by atoms with van der Waals surface area (Å²) in [7, 11) is 0. The van der Waals surface area contributed by atoms with Crippen LogP contribution in [0.3, 0.4) is 0 Å². The molecular formula is C11H14BrFO. The average molecular weight is 261 g/mol. The van der Waals surface area contributed by atoms with Crippen LogP contribution in [0.5, 0.6) is 5.75 Å². The summed E-state index contributed by atoms with van der Waals surface area (Å²) in [5.41, 5.74) is 0.619. The second kappa shape index (κ2) is 4.78. The van der Waals surface area contributed by atoms with Gasteiger partial charge in [-0.2, -0.15) is 0 Å². The second-order valence-electron chi connectivity index (χ2n) is 3.74. The molecule has 1 aromatic rings. The van der Waals surface area contributed by atoms with Gasteiger partial charge in [-0.15, -0.1) is 0 Å². The van der Waals surface area contributed by atoms with Crippen molar-refractivity contribution in [3.63, 3.8) is 0 Å². The Morgan fingerprint density at radius 2 is 2.07 bits per heavy atom. The summed E-state index contributed by atoms with van der Waals surface area (Å²) in [6.45, 7) is 6.43. The van der Waals surface area contributed by atoms with Crippen LogP contribution in [0, 0.1) is 18.7 Å². The predicted octanol–water partition coefficient (Wildman–Crippen LogP) is 3.93. The average Bonchev–Trinajstić information content (AvgIpc) is 2.09. The van der Waals surface area contributed by atoms with Crippen molar-refractivity contribution in [3.8, 4) is 5.75 Å². The smallest absolute Gasteiger partial charge is 0.136 e. The number of hydrogen-bond donors (Lipinski definition) is 0. The molecule has 0 aromatic heterocycles. The van der Waals surface area contributed by atoms with Crippen LogP contribution in [0.15, 0.2) is 16.6 Å². The zero-order valence-corrected chi connectivity index (χ0v) is 10.2. The van der Waals surface area contributed by atoms with Crippen molar-refractivity contribution in [2.24, 2.45) is 5.92 Å². The molecule has 0 aliphatic carbocycles. The minimum absolute atomic E-state index is 0.230. The standard InChI is InChI=1S/C11H14BrFO/c1-7(2)6-14-11-5-10(13)8(3)4-9(11)12/h4-5,7H,6H2,1-3H3. The molecule has 0 fully saturated rings. The Labute approximate surface area is 92.4 Å². The van der Waals surface area contributed by atoms with Gasteiger partial charge in [0.1, 0.15) is 11.6 Å². The fraction of sp³-hybridized carbons (Fsp3) is 0.455. The molecule has 78 valence electrons. The zero-order chi connectivity index (χ0) is 10.7. The highest BCUT2D eigenvalue weighted by Crippen LogP contribution is 2.28. The minimum atomic E-state index is -0.230. The summed E-state index contributed by atoms with van der Waals surface area (Å²) in [6.07, 6.45) is 0. The van der Waals surface area contributed by atoms with E-state index in [1.807, 2.05) is 0 Å². The molecule has 0 N–H and O–H groups in total. The molecule has 0 aliphatic heterocycles. The molecule has 14 heavy (non-hydrogen) atoms. The molecule has 0 spiro atoms. The molecule has 1 nitrogen and oxygen atoms in total. The Kier molecular flexibility index (Phi) is 3.93. The third-order valence-corrected chi connectivity index (χ3v) is 2.41. The van der Waals surface area contributed by atoms with Gasteiger partial charge in [0.15, 0.2) is 0 Å². The Balaban J connectivity index is 2.82. The molecule has 0 saturated heterocycles. The largest absolute Gasteiger partial charge is 0.492 e. The first-order valence-corrected chi connectivity index (χ1v) is 5.38. The molecule has 1 aromatic carbocycles. The number of rotatable bonds is 3. The molecule has 0 aliphatic rings. The number of aryl methyl sites for hydroxylation is 1. The van der Waals surface area contributed by atoms with Crippen molar-refractivity contribution >= 4 is 15.9 Å². The highest BCUT2D eigenvalue weighted by molar-refractivity contribution is 9.10. The van der Waals surface area contributed by atoms with Crippen molar-refractivity contribution in [2.45, 2.75) is 20.8 Å². The third-order valence-electron chi connectivity index (χ3n) is 1.79. The first-order chi connectivity index (χ1) is 6.50. The Hall–Kier alpha value is -0.570. The van der Waals surface area contributed by atoms with Gasteiger partial charge in [0.2, 0.25) is 0 Å². The van der Waals surface area contributed by atoms with Crippen molar-refractivity contribution in [1.82, 2.24) is 0 Å². The van der Waals surface area contributed by atoms with Crippen LogP contribution < -0.4 is 4.74 Å². The first-order valence-electron chi connectivity index (χ1n) is 4.59. The summed E-state index contributed by atoms with van der Waals surface area (Å²) in [6, 6.07) is 3.15. The molecule has 0 atom stereocenters. The van der Waals surface area contributed by atoms with Gasteiger partial charge >= 0.3 is 0 Å². The third kappa shape index (κ3) is 2.98. The summed E-state index contributed by atoms with van der Waals surface area (Å²) in [4.78, 5) is 0. The summed E-state index contributed by atoms with van der Waals surface area (Å²) in [5.74, 6) is 0.778. The Morgan fingerprint density at radius 3 is 2.64 bits per heavy atom. The lowest BCUT2D eigenvalue weighted by Gasteiger charge is -2.11. The van der Waals surface area contributed by atoms with Crippen molar-refractivity contribution in [3.05, 3.63) is 28.0 Å². The van der Waals surface area contributed by atoms with Gasteiger partial charge in [-0.05, 0) is 40.4 Å². The molecule has 0 heterocycles. The van der Waals surface area contributed by atoms with Crippen LogP contribution in [0.25, 0.3) is 0 Å². The lowest BCUT2D eigenvalue weighted by Crippen LogP contribution is -2.05. The van der Waals surface area contributed by atoms with E-state index in [1.165, 1.54) is 6.07 Å². The van der Waals surface area contributed by atoms with E-state index in [4.69, 9.17) is 4.74 Å². The Morgan fingerprint density at radius 1 is 1.43 bits per heavy atom. The molecule has 1 rings (SSSR count). The van der Waals surface area contributed by atoms with Crippen LogP contribution in [0.4, 0.5) is 4.39 Å². The highest BCUT2D eigenvalue weighted by Gasteiger charge is 2.06. The van der Waals surface area contributed by atoms with E-state index in [9.17, 15) is 4.39 Å². The summed E-state index contributed by atoms with van der Waals surface area (Å²) in [5, 5.41) is 0. The highest BCUT2D eigenvalue weighted by atomic mass is 79.9. The van der Waals surface area contributed by atoms with Crippen LogP contribution in [-0.2, 0) is 0 Å². The van der Waals surface area contributed by atoms with Crippen molar-refractivity contribution in [1.29, 1.82) is 0 Å². The van der Waals surface area contributed by atoms with Gasteiger partial charge in [0.25, 0.3) is 0 Å². The topological polar surface area (TPSA) is 9.23 Å². The molecule has 0 amide bonds. The zero-order valence-electron chi connectivity index (χ0n) is 8.60. The fourth-order valence-electron chi connectivity index (χ4n) is 0.995.